The van der Waals surface area contributed by atoms with Gasteiger partial charge in [-0.15, -0.1) is 0 Å². The lowest BCUT2D eigenvalue weighted by atomic mass is 10.6. The summed E-state index contributed by atoms with van der Waals surface area (Å²) in [6.07, 6.45) is 1.38. The molecule has 0 aliphatic rings. The molecule has 0 saturated heterocycles. The van der Waals surface area contributed by atoms with Gasteiger partial charge in [0.25, 0.3) is 0 Å². The lowest BCUT2D eigenvalue weighted by Crippen LogP contribution is -1.81. The molecular formula is C5H13Si. The molecule has 0 bridgehead atoms. The van der Waals surface area contributed by atoms with Crippen LogP contribution < -0.4 is 0 Å². The standard InChI is InChI=1S/C5H13Si/c1-3-5-6-4-2/h2-6H2,1H3. The first kappa shape index (κ1) is 6.22. The van der Waals surface area contributed by atoms with Crippen LogP contribution in [0, 0.1) is 6.92 Å². The smallest absolute Gasteiger partial charge is 0.0197 e. The van der Waals surface area contributed by atoms with Crippen LogP contribution in [0.4, 0.5) is 0 Å². The SMILES string of the molecule is [CH2]C[SiH2]CCC. The number of hydrogen-bond acceptors (Lipinski definition) is 0. The first-order valence-corrected chi connectivity index (χ1v) is 4.71. The molecular weight excluding hydrogens is 88.1 g/mol. The van der Waals surface area contributed by atoms with Crippen molar-refractivity contribution < 1.29 is 0 Å². The Labute approximate surface area is 42.8 Å². The van der Waals surface area contributed by atoms with Crippen LogP contribution in [0.2, 0.25) is 12.1 Å². The van der Waals surface area contributed by atoms with Gasteiger partial charge in [0.1, 0.15) is 0 Å². The third-order valence-electron chi connectivity index (χ3n) is 0.854. The average Bonchev–Trinajstić information content (AvgIpc) is 1.61. The molecule has 0 aromatic heterocycles. The van der Waals surface area contributed by atoms with Crippen LogP contribution >= 0.6 is 0 Å². The van der Waals surface area contributed by atoms with E-state index < -0.39 is 0 Å². The zero-order valence-electron chi connectivity index (χ0n) is 4.54. The second-order valence-corrected chi connectivity index (χ2v) is 3.68. The van der Waals surface area contributed by atoms with Crippen molar-refractivity contribution in [3.05, 3.63) is 6.92 Å². The monoisotopic (exact) mass is 101 g/mol. The molecule has 1 radical (unpaired) electrons. The Morgan fingerprint density at radius 2 is 2.33 bits per heavy atom. The van der Waals surface area contributed by atoms with Crippen LogP contribution in [0.25, 0.3) is 0 Å². The van der Waals surface area contributed by atoms with Crippen LogP contribution in [0.1, 0.15) is 13.3 Å². The number of hydrogen-bond donors (Lipinski definition) is 0. The summed E-state index contributed by atoms with van der Waals surface area (Å²) in [6.45, 7) is 6.02. The topological polar surface area (TPSA) is 0 Å². The third kappa shape index (κ3) is 4.22. The van der Waals surface area contributed by atoms with E-state index in [1.807, 2.05) is 0 Å². The van der Waals surface area contributed by atoms with Crippen molar-refractivity contribution in [3.8, 4) is 0 Å². The van der Waals surface area contributed by atoms with E-state index in [2.05, 4.69) is 13.8 Å². The molecule has 0 aromatic carbocycles. The molecule has 0 heterocycles. The maximum atomic E-state index is 3.78. The van der Waals surface area contributed by atoms with Crippen molar-refractivity contribution in [2.75, 3.05) is 0 Å². The van der Waals surface area contributed by atoms with E-state index in [1.54, 1.807) is 0 Å². The summed E-state index contributed by atoms with van der Waals surface area (Å²) in [5.41, 5.74) is 0. The van der Waals surface area contributed by atoms with Crippen LogP contribution in [0.15, 0.2) is 0 Å². The molecule has 37 valence electrons. The zero-order valence-corrected chi connectivity index (χ0v) is 5.95. The summed E-state index contributed by atoms with van der Waals surface area (Å²) in [5.74, 6) is 0. The van der Waals surface area contributed by atoms with E-state index in [4.69, 9.17) is 0 Å². The molecule has 0 fully saturated rings. The Morgan fingerprint density at radius 3 is 2.50 bits per heavy atom. The lowest BCUT2D eigenvalue weighted by molar-refractivity contribution is 1.07. The Hall–Kier alpha value is 0.217. The quantitative estimate of drug-likeness (QED) is 0.370. The first-order valence-electron chi connectivity index (χ1n) is 2.71. The van der Waals surface area contributed by atoms with E-state index >= 15 is 0 Å². The maximum Gasteiger partial charge on any atom is 0.0197 e. The second kappa shape index (κ2) is 5.22. The van der Waals surface area contributed by atoms with Crippen LogP contribution in [0.5, 0.6) is 0 Å². The van der Waals surface area contributed by atoms with E-state index in [0.29, 0.717) is 9.52 Å². The minimum Gasteiger partial charge on any atom is -0.0657 e. The molecule has 6 heavy (non-hydrogen) atoms. The highest BCUT2D eigenvalue weighted by Crippen LogP contribution is 1.86. The molecule has 0 unspecified atom stereocenters. The Morgan fingerprint density at radius 1 is 1.67 bits per heavy atom. The molecule has 0 saturated carbocycles. The maximum absolute atomic E-state index is 3.78. The fraction of sp³-hybridized carbons (Fsp3) is 0.800. The predicted molar refractivity (Wildman–Crippen MR) is 33.8 cm³/mol. The van der Waals surface area contributed by atoms with E-state index in [9.17, 15) is 0 Å². The fourth-order valence-corrected chi connectivity index (χ4v) is 1.28. The Kier molecular flexibility index (Phi) is 5.41. The molecule has 1 heteroatoms. The second-order valence-electron chi connectivity index (χ2n) is 1.56. The van der Waals surface area contributed by atoms with Crippen molar-refractivity contribution in [1.82, 2.24) is 0 Å². The minimum absolute atomic E-state index is 0.311. The summed E-state index contributed by atoms with van der Waals surface area (Å²) < 4.78 is 0. The van der Waals surface area contributed by atoms with Crippen molar-refractivity contribution in [3.63, 3.8) is 0 Å². The minimum atomic E-state index is 0.311. The molecule has 0 atom stereocenters. The molecule has 0 aromatic rings. The molecule has 0 spiro atoms. The van der Waals surface area contributed by atoms with E-state index in [-0.39, 0.29) is 0 Å². The molecule has 0 aliphatic carbocycles. The summed E-state index contributed by atoms with van der Waals surface area (Å²) in [7, 11) is 0.311. The summed E-state index contributed by atoms with van der Waals surface area (Å²) in [5, 5.41) is 0. The molecule has 0 nitrogen and oxygen atoms in total. The largest absolute Gasteiger partial charge is 0.0657 e. The van der Waals surface area contributed by atoms with Gasteiger partial charge in [0.2, 0.25) is 0 Å². The van der Waals surface area contributed by atoms with Gasteiger partial charge >= 0.3 is 0 Å². The molecule has 0 rings (SSSR count). The molecule has 0 amide bonds. The summed E-state index contributed by atoms with van der Waals surface area (Å²) >= 11 is 0. The summed E-state index contributed by atoms with van der Waals surface area (Å²) in [6, 6.07) is 2.73. The van der Waals surface area contributed by atoms with Crippen LogP contribution in [-0.4, -0.2) is 9.52 Å². The van der Waals surface area contributed by atoms with Gasteiger partial charge in [0, 0.05) is 9.52 Å². The average molecular weight is 101 g/mol. The van der Waals surface area contributed by atoms with Crippen LogP contribution in [0.3, 0.4) is 0 Å². The van der Waals surface area contributed by atoms with Crippen LogP contribution in [-0.2, 0) is 0 Å². The van der Waals surface area contributed by atoms with E-state index in [0.717, 1.165) is 0 Å². The zero-order chi connectivity index (χ0) is 4.83. The molecule has 0 N–H and O–H groups in total. The van der Waals surface area contributed by atoms with Gasteiger partial charge in [-0.2, -0.15) is 0 Å². The van der Waals surface area contributed by atoms with Gasteiger partial charge in [-0.05, 0) is 0 Å². The first-order chi connectivity index (χ1) is 2.91. The van der Waals surface area contributed by atoms with Crippen molar-refractivity contribution >= 4 is 9.52 Å². The summed E-state index contributed by atoms with van der Waals surface area (Å²) in [4.78, 5) is 0. The molecule has 0 aliphatic heterocycles. The Bertz CT molecular complexity index is 15.9. The van der Waals surface area contributed by atoms with E-state index in [1.165, 1.54) is 18.5 Å². The van der Waals surface area contributed by atoms with Gasteiger partial charge in [-0.1, -0.05) is 32.4 Å². The van der Waals surface area contributed by atoms with Gasteiger partial charge in [-0.25, -0.2) is 0 Å². The fourth-order valence-electron chi connectivity index (χ4n) is 0.427. The Balaban J connectivity index is 2.34. The highest BCUT2D eigenvalue weighted by molar-refractivity contribution is 6.35. The van der Waals surface area contributed by atoms with Crippen molar-refractivity contribution in [2.45, 2.75) is 25.4 Å². The number of rotatable bonds is 3. The normalized spacial score (nSPS) is 11.0. The van der Waals surface area contributed by atoms with Gasteiger partial charge < -0.3 is 0 Å². The van der Waals surface area contributed by atoms with Gasteiger partial charge in [-0.3, -0.25) is 0 Å². The predicted octanol–water partition coefficient (Wildman–Crippen LogP) is 1.24. The lowest BCUT2D eigenvalue weighted by Gasteiger charge is -1.84. The van der Waals surface area contributed by atoms with Crippen molar-refractivity contribution in [1.29, 1.82) is 0 Å². The van der Waals surface area contributed by atoms with Gasteiger partial charge in [0.15, 0.2) is 0 Å². The highest BCUT2D eigenvalue weighted by Gasteiger charge is 1.77. The van der Waals surface area contributed by atoms with Gasteiger partial charge in [0.05, 0.1) is 0 Å². The third-order valence-corrected chi connectivity index (χ3v) is 2.56. The van der Waals surface area contributed by atoms with Crippen molar-refractivity contribution in [2.24, 2.45) is 0 Å². The highest BCUT2D eigenvalue weighted by atomic mass is 28.2.